The van der Waals surface area contributed by atoms with Gasteiger partial charge in [-0.3, -0.25) is 0 Å². The third kappa shape index (κ3) is 6.80. The van der Waals surface area contributed by atoms with E-state index in [0.717, 1.165) is 11.3 Å². The molecule has 0 spiro atoms. The first-order chi connectivity index (χ1) is 12.2. The first-order valence-electron chi connectivity index (χ1n) is 8.31. The Kier molecular flexibility index (Phi) is 6.96. The van der Waals surface area contributed by atoms with Gasteiger partial charge in [-0.05, 0) is 65.8 Å². The van der Waals surface area contributed by atoms with Gasteiger partial charge in [0.1, 0.15) is 16.1 Å². The second kappa shape index (κ2) is 8.22. The van der Waals surface area contributed by atoms with Crippen LogP contribution in [0.1, 0.15) is 56.1 Å². The molecule has 0 atom stereocenters. The molecule has 0 aliphatic carbocycles. The Labute approximate surface area is 163 Å². The molecule has 0 aromatic carbocycles. The van der Waals surface area contributed by atoms with Gasteiger partial charge >= 0.3 is 17.9 Å². The number of nitrogens with two attached hydrogens (primary N) is 1. The molecule has 0 radical (unpaired) electrons. The van der Waals surface area contributed by atoms with Gasteiger partial charge in [-0.2, -0.15) is 0 Å². The molecule has 8 heteroatoms. The molecule has 0 saturated heterocycles. The summed E-state index contributed by atoms with van der Waals surface area (Å²) in [4.78, 5) is 37.8. The average Bonchev–Trinajstić information content (AvgIpc) is 2.97. The van der Waals surface area contributed by atoms with Crippen LogP contribution in [0.3, 0.4) is 0 Å². The molecule has 1 heterocycles. The van der Waals surface area contributed by atoms with Crippen molar-refractivity contribution in [1.82, 2.24) is 0 Å². The Balaban J connectivity index is 3.20. The molecule has 0 fully saturated rings. The number of hydrogen-bond donors (Lipinski definition) is 1. The molecule has 0 saturated carbocycles. The Morgan fingerprint density at radius 3 is 1.85 bits per heavy atom. The van der Waals surface area contributed by atoms with E-state index in [1.54, 1.807) is 53.7 Å². The Hall–Kier alpha value is -2.19. The normalized spacial score (nSPS) is 12.7. The molecular weight excluding hydrogens is 370 g/mol. The summed E-state index contributed by atoms with van der Waals surface area (Å²) >= 11 is 1.13. The van der Waals surface area contributed by atoms with E-state index in [4.69, 9.17) is 15.2 Å². The Bertz CT molecular complexity index is 708. The highest BCUT2D eigenvalue weighted by Crippen LogP contribution is 2.23. The summed E-state index contributed by atoms with van der Waals surface area (Å²) in [6.07, 6.45) is 2.70. The van der Waals surface area contributed by atoms with Crippen LogP contribution >= 0.6 is 11.3 Å². The highest BCUT2D eigenvalue weighted by Gasteiger charge is 2.46. The monoisotopic (exact) mass is 397 g/mol. The van der Waals surface area contributed by atoms with Crippen LogP contribution < -0.4 is 5.73 Å². The second-order valence-corrected chi connectivity index (χ2v) is 9.02. The van der Waals surface area contributed by atoms with Crippen molar-refractivity contribution in [3.05, 3.63) is 28.0 Å². The van der Waals surface area contributed by atoms with Crippen molar-refractivity contribution in [3.63, 3.8) is 0 Å². The first kappa shape index (κ1) is 22.9. The summed E-state index contributed by atoms with van der Waals surface area (Å²) in [6.45, 7) is 10.0. The van der Waals surface area contributed by atoms with Gasteiger partial charge in [0.05, 0.1) is 7.11 Å². The average molecular weight is 397 g/mol. The fraction of sp³-hybridized carbons (Fsp3) is 0.526. The number of carbonyl (C=O) groups excluding carboxylic acids is 3. The lowest BCUT2D eigenvalue weighted by Gasteiger charge is -2.30. The molecule has 7 nitrogen and oxygen atoms in total. The third-order valence-electron chi connectivity index (χ3n) is 3.00. The maximum atomic E-state index is 12.6. The molecule has 0 amide bonds. The molecule has 0 bridgehead atoms. The van der Waals surface area contributed by atoms with Crippen molar-refractivity contribution in [3.8, 4) is 0 Å². The predicted molar refractivity (Wildman–Crippen MR) is 103 cm³/mol. The van der Waals surface area contributed by atoms with E-state index in [1.807, 2.05) is 0 Å². The third-order valence-corrected chi connectivity index (χ3v) is 4.03. The Morgan fingerprint density at radius 1 is 0.963 bits per heavy atom. The van der Waals surface area contributed by atoms with E-state index in [1.165, 1.54) is 19.3 Å². The van der Waals surface area contributed by atoms with Crippen LogP contribution in [0.4, 0.5) is 0 Å². The standard InChI is InChI=1S/C19H27NO6S/c1-17(2,3)25-15(22)19(20,16(23)26-18(4,5)6)11-10-12-8-9-13(27-12)14(21)24-7/h8-11H,20H2,1-7H3. The summed E-state index contributed by atoms with van der Waals surface area (Å²) in [7, 11) is 1.29. The molecule has 2 N–H and O–H groups in total. The molecule has 0 aliphatic heterocycles. The molecule has 0 aliphatic rings. The lowest BCUT2D eigenvalue weighted by molar-refractivity contribution is -0.173. The summed E-state index contributed by atoms with van der Waals surface area (Å²) in [5, 5.41) is 0. The van der Waals surface area contributed by atoms with E-state index < -0.39 is 34.6 Å². The van der Waals surface area contributed by atoms with Crippen molar-refractivity contribution in [1.29, 1.82) is 0 Å². The zero-order valence-electron chi connectivity index (χ0n) is 16.7. The van der Waals surface area contributed by atoms with Crippen LogP contribution in [0.5, 0.6) is 0 Å². The van der Waals surface area contributed by atoms with Gasteiger partial charge in [0, 0.05) is 4.88 Å². The summed E-state index contributed by atoms with van der Waals surface area (Å²) in [5.74, 6) is -2.33. The van der Waals surface area contributed by atoms with Crippen LogP contribution in [0.15, 0.2) is 18.2 Å². The van der Waals surface area contributed by atoms with Crippen molar-refractivity contribution in [2.75, 3.05) is 7.11 Å². The van der Waals surface area contributed by atoms with Crippen molar-refractivity contribution in [2.24, 2.45) is 5.73 Å². The molecule has 150 valence electrons. The van der Waals surface area contributed by atoms with Gasteiger partial charge in [-0.25, -0.2) is 14.4 Å². The summed E-state index contributed by atoms with van der Waals surface area (Å²) < 4.78 is 15.3. The van der Waals surface area contributed by atoms with Crippen LogP contribution in [0, 0.1) is 0 Å². The van der Waals surface area contributed by atoms with E-state index in [9.17, 15) is 14.4 Å². The Morgan fingerprint density at radius 2 is 1.44 bits per heavy atom. The molecule has 27 heavy (non-hydrogen) atoms. The minimum absolute atomic E-state index is 0.384. The van der Waals surface area contributed by atoms with E-state index in [0.29, 0.717) is 9.75 Å². The predicted octanol–water partition coefficient (Wildman–Crippen LogP) is 2.93. The molecule has 1 aromatic rings. The minimum atomic E-state index is -2.13. The second-order valence-electron chi connectivity index (χ2n) is 7.90. The number of carbonyl (C=O) groups is 3. The largest absolute Gasteiger partial charge is 0.465 e. The number of esters is 3. The van der Waals surface area contributed by atoms with Crippen molar-refractivity contribution < 1.29 is 28.6 Å². The maximum Gasteiger partial charge on any atom is 0.348 e. The van der Waals surface area contributed by atoms with Crippen molar-refractivity contribution >= 4 is 35.3 Å². The summed E-state index contributed by atoms with van der Waals surface area (Å²) in [5.41, 5.74) is 2.32. The molecule has 1 aromatic heterocycles. The van der Waals surface area contributed by atoms with E-state index in [-0.39, 0.29) is 0 Å². The first-order valence-corrected chi connectivity index (χ1v) is 9.13. The van der Waals surface area contributed by atoms with Crippen molar-refractivity contribution in [2.45, 2.75) is 58.3 Å². The number of hydrogen-bond acceptors (Lipinski definition) is 8. The SMILES string of the molecule is COC(=O)c1ccc(C=CC(N)(C(=O)OC(C)(C)C)C(=O)OC(C)(C)C)s1. The molecule has 1 rings (SSSR count). The quantitative estimate of drug-likeness (QED) is 0.463. The van der Waals surface area contributed by atoms with Gasteiger partial charge in [-0.15, -0.1) is 11.3 Å². The fourth-order valence-corrected chi connectivity index (χ4v) is 2.64. The van der Waals surface area contributed by atoms with Crippen LogP contribution in [-0.4, -0.2) is 41.8 Å². The maximum absolute atomic E-state index is 12.6. The van der Waals surface area contributed by atoms with Crippen LogP contribution in [0.2, 0.25) is 0 Å². The van der Waals surface area contributed by atoms with Crippen LogP contribution in [-0.2, 0) is 23.8 Å². The zero-order chi connectivity index (χ0) is 21.0. The van der Waals surface area contributed by atoms with Gasteiger partial charge in [-0.1, -0.05) is 0 Å². The molecule has 0 unspecified atom stereocenters. The zero-order valence-corrected chi connectivity index (χ0v) is 17.6. The summed E-state index contributed by atoms with van der Waals surface area (Å²) in [6, 6.07) is 3.23. The van der Waals surface area contributed by atoms with Gasteiger partial charge in [0.15, 0.2) is 0 Å². The van der Waals surface area contributed by atoms with E-state index >= 15 is 0 Å². The number of methoxy groups -OCH3 is 1. The van der Waals surface area contributed by atoms with Gasteiger partial charge in [0.25, 0.3) is 0 Å². The number of rotatable bonds is 5. The van der Waals surface area contributed by atoms with Gasteiger partial charge in [0.2, 0.25) is 5.54 Å². The number of thiophene rings is 1. The van der Waals surface area contributed by atoms with Gasteiger partial charge < -0.3 is 19.9 Å². The highest BCUT2D eigenvalue weighted by atomic mass is 32.1. The fourth-order valence-electron chi connectivity index (χ4n) is 1.81. The smallest absolute Gasteiger partial charge is 0.348 e. The van der Waals surface area contributed by atoms with E-state index in [2.05, 4.69) is 4.74 Å². The minimum Gasteiger partial charge on any atom is -0.465 e. The lowest BCUT2D eigenvalue weighted by Crippen LogP contribution is -2.57. The number of ether oxygens (including phenoxy) is 3. The lowest BCUT2D eigenvalue weighted by atomic mass is 9.99. The topological polar surface area (TPSA) is 105 Å². The molecular formula is C19H27NO6S. The highest BCUT2D eigenvalue weighted by molar-refractivity contribution is 7.14. The van der Waals surface area contributed by atoms with Crippen LogP contribution in [0.25, 0.3) is 6.08 Å².